The Bertz CT molecular complexity index is 611. The van der Waals surface area contributed by atoms with Gasteiger partial charge in [0, 0.05) is 18.0 Å². The summed E-state index contributed by atoms with van der Waals surface area (Å²) in [7, 11) is 0. The van der Waals surface area contributed by atoms with Crippen molar-refractivity contribution in [2.24, 2.45) is 5.10 Å². The van der Waals surface area contributed by atoms with Crippen LogP contribution in [0.3, 0.4) is 0 Å². The smallest absolute Gasteiger partial charge is 0.267 e. The molecular weight excluding hydrogens is 245 g/mol. The van der Waals surface area contributed by atoms with Gasteiger partial charge < -0.3 is 0 Å². The fraction of sp³-hybridized carbons (Fsp3) is 0.0714. The molecule has 0 unspecified atom stereocenters. The molecule has 5 heteroatoms. The number of halogens is 1. The second-order valence-corrected chi connectivity index (χ2v) is 3.86. The third-order valence-electron chi connectivity index (χ3n) is 2.52. The Balaban J connectivity index is 2.11. The number of nitrogens with one attached hydrogen (secondary N) is 1. The number of carbonyl (C=O) groups excluding carboxylic acids is 1. The van der Waals surface area contributed by atoms with Crippen LogP contribution in [0.4, 0.5) is 4.39 Å². The van der Waals surface area contributed by atoms with E-state index >= 15 is 0 Å². The zero-order chi connectivity index (χ0) is 13.7. The third kappa shape index (κ3) is 3.22. The van der Waals surface area contributed by atoms with Crippen molar-refractivity contribution in [1.29, 1.82) is 0 Å². The Morgan fingerprint density at radius 2 is 2.05 bits per heavy atom. The molecule has 0 atom stereocenters. The lowest BCUT2D eigenvalue weighted by molar-refractivity contribution is 0.0951. The highest BCUT2D eigenvalue weighted by Gasteiger charge is 2.09. The van der Waals surface area contributed by atoms with Crippen molar-refractivity contribution in [3.05, 3.63) is 65.7 Å². The molecule has 1 aromatic heterocycles. The molecule has 4 nitrogen and oxygen atoms in total. The Labute approximate surface area is 110 Å². The van der Waals surface area contributed by atoms with Crippen LogP contribution in [0.1, 0.15) is 22.8 Å². The molecule has 0 radical (unpaired) electrons. The second-order valence-electron chi connectivity index (χ2n) is 3.86. The van der Waals surface area contributed by atoms with Crippen LogP contribution in [0.25, 0.3) is 0 Å². The molecule has 2 aromatic rings. The molecule has 0 aliphatic carbocycles. The molecule has 2 rings (SSSR count). The van der Waals surface area contributed by atoms with Crippen LogP contribution in [0.2, 0.25) is 0 Å². The number of hydrogen-bond acceptors (Lipinski definition) is 3. The van der Waals surface area contributed by atoms with E-state index in [2.05, 4.69) is 15.5 Å². The van der Waals surface area contributed by atoms with Gasteiger partial charge in [0.25, 0.3) is 5.91 Å². The van der Waals surface area contributed by atoms with Crippen LogP contribution >= 0.6 is 0 Å². The van der Waals surface area contributed by atoms with Crippen LogP contribution < -0.4 is 5.43 Å². The van der Waals surface area contributed by atoms with E-state index < -0.39 is 11.7 Å². The molecule has 0 saturated heterocycles. The number of hydrazone groups is 1. The molecule has 0 aliphatic rings. The zero-order valence-corrected chi connectivity index (χ0v) is 10.3. The number of benzene rings is 1. The van der Waals surface area contributed by atoms with E-state index in [1.54, 1.807) is 31.5 Å². The monoisotopic (exact) mass is 257 g/mol. The molecule has 0 aliphatic heterocycles. The summed E-state index contributed by atoms with van der Waals surface area (Å²) < 4.78 is 13.4. The average molecular weight is 257 g/mol. The first-order chi connectivity index (χ1) is 9.18. The third-order valence-corrected chi connectivity index (χ3v) is 2.52. The quantitative estimate of drug-likeness (QED) is 0.678. The van der Waals surface area contributed by atoms with Gasteiger partial charge in [-0.05, 0) is 25.1 Å². The van der Waals surface area contributed by atoms with Crippen molar-refractivity contribution in [3.8, 4) is 0 Å². The molecule has 0 fully saturated rings. The molecule has 0 bridgehead atoms. The van der Waals surface area contributed by atoms with Gasteiger partial charge in [0.15, 0.2) is 0 Å². The number of aromatic nitrogens is 1. The highest BCUT2D eigenvalue weighted by Crippen LogP contribution is 2.06. The fourth-order valence-electron chi connectivity index (χ4n) is 1.48. The summed E-state index contributed by atoms with van der Waals surface area (Å²) in [5, 5.41) is 3.92. The van der Waals surface area contributed by atoms with E-state index in [0.29, 0.717) is 5.71 Å². The largest absolute Gasteiger partial charge is 0.274 e. The second kappa shape index (κ2) is 5.86. The predicted octanol–water partition coefficient (Wildman–Crippen LogP) is 2.37. The van der Waals surface area contributed by atoms with Crippen LogP contribution in [-0.2, 0) is 0 Å². The van der Waals surface area contributed by atoms with Gasteiger partial charge in [-0.15, -0.1) is 0 Å². The topological polar surface area (TPSA) is 54.4 Å². The summed E-state index contributed by atoms with van der Waals surface area (Å²) in [6, 6.07) is 9.34. The lowest BCUT2D eigenvalue weighted by Crippen LogP contribution is -2.20. The number of amides is 1. The maximum absolute atomic E-state index is 13.4. The summed E-state index contributed by atoms with van der Waals surface area (Å²) >= 11 is 0. The van der Waals surface area contributed by atoms with E-state index in [1.807, 2.05) is 6.07 Å². The SMILES string of the molecule is C/C(=N/NC(=O)c1ccccc1F)c1cccnc1. The molecular formula is C14H12FN3O. The predicted molar refractivity (Wildman–Crippen MR) is 70.3 cm³/mol. The van der Waals surface area contributed by atoms with E-state index in [9.17, 15) is 9.18 Å². The summed E-state index contributed by atoms with van der Waals surface area (Å²) in [5.41, 5.74) is 3.67. The first kappa shape index (κ1) is 12.9. The highest BCUT2D eigenvalue weighted by atomic mass is 19.1. The van der Waals surface area contributed by atoms with Crippen molar-refractivity contribution in [1.82, 2.24) is 10.4 Å². The van der Waals surface area contributed by atoms with Gasteiger partial charge in [-0.2, -0.15) is 5.10 Å². The summed E-state index contributed by atoms with van der Waals surface area (Å²) in [6.45, 7) is 1.73. The maximum atomic E-state index is 13.4. The van der Waals surface area contributed by atoms with Crippen LogP contribution in [0.15, 0.2) is 53.9 Å². The summed E-state index contributed by atoms with van der Waals surface area (Å²) in [5.74, 6) is -1.16. The molecule has 0 saturated carbocycles. The lowest BCUT2D eigenvalue weighted by atomic mass is 10.2. The minimum absolute atomic E-state index is 0.0368. The van der Waals surface area contributed by atoms with Crippen molar-refractivity contribution >= 4 is 11.6 Å². The summed E-state index contributed by atoms with van der Waals surface area (Å²) in [4.78, 5) is 15.7. The van der Waals surface area contributed by atoms with Gasteiger partial charge in [-0.25, -0.2) is 9.82 Å². The van der Waals surface area contributed by atoms with Gasteiger partial charge in [-0.3, -0.25) is 9.78 Å². The van der Waals surface area contributed by atoms with Gasteiger partial charge >= 0.3 is 0 Å². The van der Waals surface area contributed by atoms with Gasteiger partial charge in [0.2, 0.25) is 0 Å². The molecule has 19 heavy (non-hydrogen) atoms. The molecule has 1 aromatic carbocycles. The Kier molecular flexibility index (Phi) is 3.97. The number of rotatable bonds is 3. The molecule has 1 heterocycles. The Morgan fingerprint density at radius 3 is 2.74 bits per heavy atom. The van der Waals surface area contributed by atoms with Gasteiger partial charge in [0.1, 0.15) is 5.82 Å². The highest BCUT2D eigenvalue weighted by molar-refractivity contribution is 6.00. The average Bonchev–Trinajstić information content (AvgIpc) is 2.46. The van der Waals surface area contributed by atoms with E-state index in [1.165, 1.54) is 18.2 Å². The zero-order valence-electron chi connectivity index (χ0n) is 10.3. The standard InChI is InChI=1S/C14H12FN3O/c1-10(11-5-4-8-16-9-11)17-18-14(19)12-6-2-3-7-13(12)15/h2-9H,1H3,(H,18,19)/b17-10-. The lowest BCUT2D eigenvalue weighted by Gasteiger charge is -2.03. The number of pyridine rings is 1. The first-order valence-corrected chi connectivity index (χ1v) is 5.68. The molecule has 0 spiro atoms. The molecule has 1 amide bonds. The van der Waals surface area contributed by atoms with Crippen molar-refractivity contribution in [2.45, 2.75) is 6.92 Å². The van der Waals surface area contributed by atoms with E-state index in [4.69, 9.17) is 0 Å². The summed E-state index contributed by atoms with van der Waals surface area (Å²) in [6.07, 6.45) is 3.28. The van der Waals surface area contributed by atoms with E-state index in [0.717, 1.165) is 5.56 Å². The van der Waals surface area contributed by atoms with Crippen molar-refractivity contribution in [3.63, 3.8) is 0 Å². The van der Waals surface area contributed by atoms with Crippen molar-refractivity contribution in [2.75, 3.05) is 0 Å². The number of hydrogen-bond donors (Lipinski definition) is 1. The minimum Gasteiger partial charge on any atom is -0.267 e. The normalized spacial score (nSPS) is 11.2. The van der Waals surface area contributed by atoms with Gasteiger partial charge in [0.05, 0.1) is 11.3 Å². The Morgan fingerprint density at radius 1 is 1.26 bits per heavy atom. The molecule has 96 valence electrons. The number of carbonyl (C=O) groups is 1. The fourth-order valence-corrected chi connectivity index (χ4v) is 1.48. The number of nitrogens with zero attached hydrogens (tertiary/aromatic N) is 2. The van der Waals surface area contributed by atoms with Crippen LogP contribution in [-0.4, -0.2) is 16.6 Å². The minimum atomic E-state index is -0.582. The first-order valence-electron chi connectivity index (χ1n) is 5.68. The van der Waals surface area contributed by atoms with Crippen LogP contribution in [0, 0.1) is 5.82 Å². The molecule has 1 N–H and O–H groups in total. The van der Waals surface area contributed by atoms with Crippen LogP contribution in [0.5, 0.6) is 0 Å². The Hall–Kier alpha value is -2.56. The van der Waals surface area contributed by atoms with Gasteiger partial charge in [-0.1, -0.05) is 18.2 Å². The maximum Gasteiger partial charge on any atom is 0.274 e. The van der Waals surface area contributed by atoms with Crippen molar-refractivity contribution < 1.29 is 9.18 Å². The van der Waals surface area contributed by atoms with E-state index in [-0.39, 0.29) is 5.56 Å².